The van der Waals surface area contributed by atoms with Gasteiger partial charge < -0.3 is 4.74 Å². The largest absolute Gasteiger partial charge is 0.374 e. The molecule has 100 valence electrons. The minimum atomic E-state index is 0.208. The zero-order chi connectivity index (χ0) is 12.7. The van der Waals surface area contributed by atoms with Crippen LogP contribution in [0.1, 0.15) is 33.1 Å². The molecular formula is C13H27N3O. The normalized spacial score (nSPS) is 23.6. The van der Waals surface area contributed by atoms with Crippen molar-refractivity contribution in [3.8, 4) is 0 Å². The molecule has 3 N–H and O–H groups in total. The Morgan fingerprint density at radius 1 is 1.65 bits per heavy atom. The van der Waals surface area contributed by atoms with Crippen LogP contribution < -0.4 is 11.3 Å². The maximum absolute atomic E-state index is 5.83. The number of nitrogens with two attached hydrogens (primary N) is 1. The molecule has 17 heavy (non-hydrogen) atoms. The number of nitrogens with zero attached hydrogens (tertiary/aromatic N) is 1. The molecule has 0 aromatic heterocycles. The summed E-state index contributed by atoms with van der Waals surface area (Å²) in [4.78, 5) is 2.46. The third kappa shape index (κ3) is 5.17. The minimum Gasteiger partial charge on any atom is -0.374 e. The van der Waals surface area contributed by atoms with Gasteiger partial charge in [-0.15, -0.1) is 6.58 Å². The van der Waals surface area contributed by atoms with E-state index in [4.69, 9.17) is 10.6 Å². The van der Waals surface area contributed by atoms with E-state index in [9.17, 15) is 0 Å². The van der Waals surface area contributed by atoms with Crippen molar-refractivity contribution in [1.29, 1.82) is 0 Å². The van der Waals surface area contributed by atoms with Crippen LogP contribution >= 0.6 is 0 Å². The number of allylic oxidation sites excluding steroid dienone is 1. The van der Waals surface area contributed by atoms with E-state index in [0.29, 0.717) is 0 Å². The van der Waals surface area contributed by atoms with Crippen LogP contribution in [0.3, 0.4) is 0 Å². The second-order valence-electron chi connectivity index (χ2n) is 4.98. The van der Waals surface area contributed by atoms with E-state index in [0.717, 1.165) is 39.1 Å². The Morgan fingerprint density at radius 3 is 3.00 bits per heavy atom. The average Bonchev–Trinajstić information content (AvgIpc) is 2.30. The predicted octanol–water partition coefficient (Wildman–Crippen LogP) is 1.29. The molecule has 0 aromatic rings. The van der Waals surface area contributed by atoms with Gasteiger partial charge in [0, 0.05) is 19.1 Å². The highest BCUT2D eigenvalue weighted by Gasteiger charge is 2.26. The molecule has 2 atom stereocenters. The maximum Gasteiger partial charge on any atom is 0.0868 e. The highest BCUT2D eigenvalue weighted by Crippen LogP contribution is 2.14. The van der Waals surface area contributed by atoms with Crippen LogP contribution in [0, 0.1) is 0 Å². The molecule has 0 amide bonds. The number of hydrazine groups is 1. The molecule has 0 saturated carbocycles. The van der Waals surface area contributed by atoms with Crippen LogP contribution in [0.25, 0.3) is 0 Å². The number of nitrogens with one attached hydrogen (secondary N) is 1. The highest BCUT2D eigenvalue weighted by atomic mass is 16.5. The minimum absolute atomic E-state index is 0.208. The Hall–Kier alpha value is -0.420. The fourth-order valence-corrected chi connectivity index (χ4v) is 2.27. The van der Waals surface area contributed by atoms with Gasteiger partial charge in [-0.1, -0.05) is 12.5 Å². The van der Waals surface area contributed by atoms with Crippen LogP contribution in [0.15, 0.2) is 12.2 Å². The van der Waals surface area contributed by atoms with Crippen LogP contribution in [0.5, 0.6) is 0 Å². The molecule has 1 saturated heterocycles. The molecule has 1 heterocycles. The molecule has 0 aliphatic carbocycles. The number of hydrogen-bond donors (Lipinski definition) is 2. The molecule has 1 rings (SSSR count). The summed E-state index contributed by atoms with van der Waals surface area (Å²) in [6.07, 6.45) is 3.40. The molecule has 0 bridgehead atoms. The molecule has 1 fully saturated rings. The average molecular weight is 241 g/mol. The lowest BCUT2D eigenvalue weighted by Gasteiger charge is -2.36. The molecule has 0 aromatic carbocycles. The molecule has 0 spiro atoms. The molecule has 0 radical (unpaired) electrons. The van der Waals surface area contributed by atoms with Crippen LogP contribution in [-0.2, 0) is 4.74 Å². The third-order valence-corrected chi connectivity index (χ3v) is 3.26. The van der Waals surface area contributed by atoms with Gasteiger partial charge >= 0.3 is 0 Å². The van der Waals surface area contributed by atoms with Gasteiger partial charge in [0.25, 0.3) is 0 Å². The number of rotatable bonds is 7. The second-order valence-corrected chi connectivity index (χ2v) is 4.98. The topological polar surface area (TPSA) is 50.5 Å². The van der Waals surface area contributed by atoms with Gasteiger partial charge in [0.15, 0.2) is 0 Å². The van der Waals surface area contributed by atoms with Crippen LogP contribution in [0.2, 0.25) is 0 Å². The Morgan fingerprint density at radius 2 is 2.41 bits per heavy atom. The van der Waals surface area contributed by atoms with Gasteiger partial charge in [-0.25, -0.2) is 0 Å². The SMILES string of the molecule is C=C(C)CCC(NN)C1CN(CCC)CCO1. The lowest BCUT2D eigenvalue weighted by Crippen LogP contribution is -2.54. The van der Waals surface area contributed by atoms with Crippen molar-refractivity contribution in [3.63, 3.8) is 0 Å². The van der Waals surface area contributed by atoms with Crippen molar-refractivity contribution < 1.29 is 4.74 Å². The maximum atomic E-state index is 5.83. The van der Waals surface area contributed by atoms with Crippen molar-refractivity contribution in [2.75, 3.05) is 26.2 Å². The Labute approximate surface area is 105 Å². The fraction of sp³-hybridized carbons (Fsp3) is 0.846. The van der Waals surface area contributed by atoms with E-state index in [-0.39, 0.29) is 12.1 Å². The van der Waals surface area contributed by atoms with Gasteiger partial charge in [-0.05, 0) is 32.7 Å². The zero-order valence-electron chi connectivity index (χ0n) is 11.2. The van der Waals surface area contributed by atoms with Crippen molar-refractivity contribution in [2.45, 2.75) is 45.3 Å². The van der Waals surface area contributed by atoms with Gasteiger partial charge in [0.05, 0.1) is 12.7 Å². The molecule has 4 heteroatoms. The summed E-state index contributed by atoms with van der Waals surface area (Å²) < 4.78 is 5.83. The lowest BCUT2D eigenvalue weighted by molar-refractivity contribution is -0.0475. The van der Waals surface area contributed by atoms with Crippen molar-refractivity contribution >= 4 is 0 Å². The first kappa shape index (κ1) is 14.6. The standard InChI is InChI=1S/C13H27N3O/c1-4-7-16-8-9-17-13(10-16)12(15-14)6-5-11(2)3/h12-13,15H,2,4-10,14H2,1,3H3. The van der Waals surface area contributed by atoms with E-state index < -0.39 is 0 Å². The summed E-state index contributed by atoms with van der Waals surface area (Å²) >= 11 is 0. The zero-order valence-corrected chi connectivity index (χ0v) is 11.2. The molecular weight excluding hydrogens is 214 g/mol. The quantitative estimate of drug-likeness (QED) is 0.400. The molecule has 2 unspecified atom stereocenters. The van der Waals surface area contributed by atoms with Crippen LogP contribution in [-0.4, -0.2) is 43.3 Å². The van der Waals surface area contributed by atoms with Gasteiger partial charge in [-0.2, -0.15) is 0 Å². The summed E-state index contributed by atoms with van der Waals surface area (Å²) in [7, 11) is 0. The van der Waals surface area contributed by atoms with Gasteiger partial charge in [0.2, 0.25) is 0 Å². The van der Waals surface area contributed by atoms with E-state index >= 15 is 0 Å². The first-order valence-electron chi connectivity index (χ1n) is 6.61. The predicted molar refractivity (Wildman–Crippen MR) is 71.6 cm³/mol. The van der Waals surface area contributed by atoms with Gasteiger partial charge in [-0.3, -0.25) is 16.2 Å². The molecule has 1 aliphatic rings. The summed E-state index contributed by atoms with van der Waals surface area (Å²) in [5, 5.41) is 0. The summed E-state index contributed by atoms with van der Waals surface area (Å²) in [5.74, 6) is 5.63. The van der Waals surface area contributed by atoms with Crippen LogP contribution in [0.4, 0.5) is 0 Å². The monoisotopic (exact) mass is 241 g/mol. The smallest absolute Gasteiger partial charge is 0.0868 e. The van der Waals surface area contributed by atoms with Crippen molar-refractivity contribution in [3.05, 3.63) is 12.2 Å². The van der Waals surface area contributed by atoms with E-state index in [1.54, 1.807) is 0 Å². The van der Waals surface area contributed by atoms with Crippen molar-refractivity contribution in [1.82, 2.24) is 10.3 Å². The van der Waals surface area contributed by atoms with Gasteiger partial charge in [0.1, 0.15) is 0 Å². The lowest BCUT2D eigenvalue weighted by atomic mass is 10.0. The first-order chi connectivity index (χ1) is 8.17. The Kier molecular flexibility index (Phi) is 6.73. The number of hydrogen-bond acceptors (Lipinski definition) is 4. The number of ether oxygens (including phenoxy) is 1. The summed E-state index contributed by atoms with van der Waals surface area (Å²) in [5.41, 5.74) is 4.10. The third-order valence-electron chi connectivity index (χ3n) is 3.26. The molecule has 4 nitrogen and oxygen atoms in total. The second kappa shape index (κ2) is 7.82. The Bertz CT molecular complexity index is 231. The molecule has 1 aliphatic heterocycles. The summed E-state index contributed by atoms with van der Waals surface area (Å²) in [6.45, 7) is 12.2. The first-order valence-corrected chi connectivity index (χ1v) is 6.61. The van der Waals surface area contributed by atoms with Crippen molar-refractivity contribution in [2.24, 2.45) is 5.84 Å². The van der Waals surface area contributed by atoms with E-state index in [2.05, 4.69) is 30.8 Å². The Balaban J connectivity index is 2.41. The highest BCUT2D eigenvalue weighted by molar-refractivity contribution is 4.91. The fourth-order valence-electron chi connectivity index (χ4n) is 2.27. The van der Waals surface area contributed by atoms with E-state index in [1.807, 2.05) is 0 Å². The number of morpholine rings is 1. The summed E-state index contributed by atoms with van der Waals surface area (Å²) in [6, 6.07) is 0.228. The van der Waals surface area contributed by atoms with E-state index in [1.165, 1.54) is 12.0 Å².